The van der Waals surface area contributed by atoms with Gasteiger partial charge in [0.15, 0.2) is 11.5 Å². The third-order valence-electron chi connectivity index (χ3n) is 4.32. The lowest BCUT2D eigenvalue weighted by atomic mass is 9.95. The Morgan fingerprint density at radius 1 is 1.32 bits per heavy atom. The molecule has 1 atom stereocenters. The van der Waals surface area contributed by atoms with Crippen molar-refractivity contribution in [2.45, 2.75) is 25.1 Å². The second-order valence-corrected chi connectivity index (χ2v) is 6.06. The molecule has 1 fully saturated rings. The lowest BCUT2D eigenvalue weighted by Gasteiger charge is -2.32. The van der Waals surface area contributed by atoms with Crippen molar-refractivity contribution in [3.8, 4) is 11.5 Å². The number of urea groups is 1. The van der Waals surface area contributed by atoms with Crippen LogP contribution in [0.25, 0.3) is 0 Å². The van der Waals surface area contributed by atoms with Crippen LogP contribution in [0, 0.1) is 0 Å². The first kappa shape index (κ1) is 15.7. The molecule has 0 saturated carbocycles. The van der Waals surface area contributed by atoms with E-state index >= 15 is 0 Å². The SMILES string of the molecule is O=C(Nc1ccc2c(c1)OC(F)(F)O2)N1CCC[C@@H](c2ccn[nH]2)C1. The number of fused-ring (bicyclic) bond motifs is 1. The number of amides is 2. The van der Waals surface area contributed by atoms with Crippen molar-refractivity contribution in [1.82, 2.24) is 15.1 Å². The highest BCUT2D eigenvalue weighted by Gasteiger charge is 2.43. The number of alkyl halides is 2. The molecule has 9 heteroatoms. The van der Waals surface area contributed by atoms with E-state index in [4.69, 9.17) is 0 Å². The van der Waals surface area contributed by atoms with E-state index in [2.05, 4.69) is 25.0 Å². The highest BCUT2D eigenvalue weighted by molar-refractivity contribution is 5.89. The Balaban J connectivity index is 1.42. The highest BCUT2D eigenvalue weighted by Crippen LogP contribution is 2.42. The van der Waals surface area contributed by atoms with Crippen LogP contribution in [0.15, 0.2) is 30.5 Å². The Labute approximate surface area is 141 Å². The average Bonchev–Trinajstić information content (AvgIpc) is 3.21. The van der Waals surface area contributed by atoms with Crippen LogP contribution in [0.2, 0.25) is 0 Å². The van der Waals surface area contributed by atoms with Gasteiger partial charge in [-0.2, -0.15) is 5.10 Å². The first-order valence-electron chi connectivity index (χ1n) is 7.95. The molecule has 0 bridgehead atoms. The van der Waals surface area contributed by atoms with Gasteiger partial charge in [0.05, 0.1) is 0 Å². The van der Waals surface area contributed by atoms with E-state index in [0.29, 0.717) is 18.8 Å². The first-order chi connectivity index (χ1) is 12.0. The maximum absolute atomic E-state index is 13.1. The van der Waals surface area contributed by atoms with Gasteiger partial charge in [-0.15, -0.1) is 8.78 Å². The third-order valence-corrected chi connectivity index (χ3v) is 4.32. The fourth-order valence-corrected chi connectivity index (χ4v) is 3.14. The Morgan fingerprint density at radius 3 is 2.96 bits per heavy atom. The van der Waals surface area contributed by atoms with Gasteiger partial charge in [0, 0.05) is 42.7 Å². The summed E-state index contributed by atoms with van der Waals surface area (Å²) >= 11 is 0. The summed E-state index contributed by atoms with van der Waals surface area (Å²) in [6.07, 6.45) is -0.124. The number of halogens is 2. The molecule has 1 saturated heterocycles. The first-order valence-corrected chi connectivity index (χ1v) is 7.95. The van der Waals surface area contributed by atoms with Gasteiger partial charge in [0.2, 0.25) is 0 Å². The van der Waals surface area contributed by atoms with Crippen molar-refractivity contribution in [2.24, 2.45) is 0 Å². The van der Waals surface area contributed by atoms with Crippen LogP contribution in [-0.2, 0) is 0 Å². The predicted molar refractivity (Wildman–Crippen MR) is 83.8 cm³/mol. The van der Waals surface area contributed by atoms with Gasteiger partial charge in [-0.3, -0.25) is 5.10 Å². The zero-order valence-corrected chi connectivity index (χ0v) is 13.2. The van der Waals surface area contributed by atoms with Crippen molar-refractivity contribution in [1.29, 1.82) is 0 Å². The molecule has 7 nitrogen and oxygen atoms in total. The summed E-state index contributed by atoms with van der Waals surface area (Å²) in [5, 5.41) is 9.61. The van der Waals surface area contributed by atoms with Crippen molar-refractivity contribution in [3.05, 3.63) is 36.2 Å². The molecule has 4 rings (SSSR count). The highest BCUT2D eigenvalue weighted by atomic mass is 19.3. The lowest BCUT2D eigenvalue weighted by Crippen LogP contribution is -2.41. The van der Waals surface area contributed by atoms with Crippen LogP contribution >= 0.6 is 0 Å². The number of carbonyl (C=O) groups is 1. The van der Waals surface area contributed by atoms with Gasteiger partial charge in [-0.05, 0) is 31.0 Å². The van der Waals surface area contributed by atoms with Gasteiger partial charge in [-0.25, -0.2) is 4.79 Å². The van der Waals surface area contributed by atoms with E-state index < -0.39 is 6.29 Å². The number of H-pyrrole nitrogens is 1. The van der Waals surface area contributed by atoms with Crippen LogP contribution in [0.5, 0.6) is 11.5 Å². The number of likely N-dealkylation sites (tertiary alicyclic amines) is 1. The number of benzene rings is 1. The minimum absolute atomic E-state index is 0.0553. The molecular weight excluding hydrogens is 334 g/mol. The van der Waals surface area contributed by atoms with Crippen molar-refractivity contribution in [2.75, 3.05) is 18.4 Å². The van der Waals surface area contributed by atoms with Gasteiger partial charge >= 0.3 is 12.3 Å². The van der Waals surface area contributed by atoms with E-state index in [-0.39, 0.29) is 23.4 Å². The molecule has 2 aliphatic heterocycles. The molecule has 3 heterocycles. The van der Waals surface area contributed by atoms with Crippen molar-refractivity contribution >= 4 is 11.7 Å². The van der Waals surface area contributed by atoms with Crippen LogP contribution < -0.4 is 14.8 Å². The van der Waals surface area contributed by atoms with Crippen LogP contribution in [0.4, 0.5) is 19.3 Å². The molecule has 2 N–H and O–H groups in total. The number of aromatic nitrogens is 2. The molecule has 0 aliphatic carbocycles. The summed E-state index contributed by atoms with van der Waals surface area (Å²) in [6.45, 7) is 1.20. The minimum Gasteiger partial charge on any atom is -0.395 e. The summed E-state index contributed by atoms with van der Waals surface area (Å²) in [6, 6.07) is 5.79. The number of anilines is 1. The molecule has 2 aliphatic rings. The summed E-state index contributed by atoms with van der Waals surface area (Å²) < 4.78 is 34.8. The van der Waals surface area contributed by atoms with Gasteiger partial charge in [0.1, 0.15) is 0 Å². The molecule has 0 radical (unpaired) electrons. The maximum atomic E-state index is 13.1. The second kappa shape index (κ2) is 5.91. The van der Waals surface area contributed by atoms with Gasteiger partial charge in [0.25, 0.3) is 0 Å². The van der Waals surface area contributed by atoms with Gasteiger partial charge < -0.3 is 19.7 Å². The number of hydrogen-bond acceptors (Lipinski definition) is 4. The Bertz CT molecular complexity index is 782. The number of nitrogens with zero attached hydrogens (tertiary/aromatic N) is 2. The van der Waals surface area contributed by atoms with E-state index in [1.54, 1.807) is 11.1 Å². The Morgan fingerprint density at radius 2 is 2.16 bits per heavy atom. The Hall–Kier alpha value is -2.84. The largest absolute Gasteiger partial charge is 0.586 e. The van der Waals surface area contributed by atoms with Crippen LogP contribution in [0.1, 0.15) is 24.5 Å². The van der Waals surface area contributed by atoms with E-state index in [1.165, 1.54) is 18.2 Å². The molecule has 132 valence electrons. The zero-order valence-electron chi connectivity index (χ0n) is 13.2. The second-order valence-electron chi connectivity index (χ2n) is 6.06. The molecule has 25 heavy (non-hydrogen) atoms. The van der Waals surface area contributed by atoms with E-state index in [1.807, 2.05) is 6.07 Å². The minimum atomic E-state index is -3.67. The number of ether oxygens (including phenoxy) is 2. The van der Waals surface area contributed by atoms with E-state index in [0.717, 1.165) is 18.5 Å². The number of aromatic amines is 1. The fourth-order valence-electron chi connectivity index (χ4n) is 3.14. The smallest absolute Gasteiger partial charge is 0.395 e. The summed E-state index contributed by atoms with van der Waals surface area (Å²) in [5.41, 5.74) is 1.37. The van der Waals surface area contributed by atoms with E-state index in [9.17, 15) is 13.6 Å². The topological polar surface area (TPSA) is 79.5 Å². The maximum Gasteiger partial charge on any atom is 0.586 e. The monoisotopic (exact) mass is 350 g/mol. The van der Waals surface area contributed by atoms with Gasteiger partial charge in [-0.1, -0.05) is 0 Å². The molecule has 1 aromatic heterocycles. The number of hydrogen-bond donors (Lipinski definition) is 2. The molecule has 2 amide bonds. The molecule has 1 aromatic carbocycles. The summed E-state index contributed by atoms with van der Waals surface area (Å²) in [5.74, 6) is 0.0505. The normalized spacial score (nSPS) is 21.2. The molecule has 0 unspecified atom stereocenters. The number of nitrogens with one attached hydrogen (secondary N) is 2. The number of rotatable bonds is 2. The Kier molecular flexibility index (Phi) is 3.70. The fraction of sp³-hybridized carbons (Fsp3) is 0.375. The molecule has 0 spiro atoms. The van der Waals surface area contributed by atoms with Crippen LogP contribution in [-0.4, -0.2) is 40.5 Å². The van der Waals surface area contributed by atoms with Crippen molar-refractivity contribution < 1.29 is 23.0 Å². The lowest BCUT2D eigenvalue weighted by molar-refractivity contribution is -0.286. The zero-order chi connectivity index (χ0) is 17.4. The standard InChI is InChI=1S/C16H16F2N4O3/c17-16(18)24-13-4-3-11(8-14(13)25-16)20-15(23)22-7-1-2-10(9-22)12-5-6-19-21-12/h3-6,8,10H,1-2,7,9H2,(H,19,21)(H,20,23)/t10-/m1/s1. The van der Waals surface area contributed by atoms with Crippen LogP contribution in [0.3, 0.4) is 0 Å². The number of piperidine rings is 1. The predicted octanol–water partition coefficient (Wildman–Crippen LogP) is 3.14. The summed E-state index contributed by atoms with van der Waals surface area (Å²) in [4.78, 5) is 14.2. The molecular formula is C16H16F2N4O3. The number of carbonyl (C=O) groups excluding carboxylic acids is 1. The van der Waals surface area contributed by atoms with Crippen molar-refractivity contribution in [3.63, 3.8) is 0 Å². The summed E-state index contributed by atoms with van der Waals surface area (Å²) in [7, 11) is 0. The average molecular weight is 350 g/mol. The molecule has 2 aromatic rings. The third kappa shape index (κ3) is 3.21. The quantitative estimate of drug-likeness (QED) is 0.872.